The predicted molar refractivity (Wildman–Crippen MR) is 115 cm³/mol. The fourth-order valence-corrected chi connectivity index (χ4v) is 3.54. The molecule has 0 saturated carbocycles. The summed E-state index contributed by atoms with van der Waals surface area (Å²) >= 11 is 6.07. The van der Waals surface area contributed by atoms with Gasteiger partial charge in [0.15, 0.2) is 0 Å². The van der Waals surface area contributed by atoms with Crippen molar-refractivity contribution in [1.29, 1.82) is 0 Å². The van der Waals surface area contributed by atoms with Crippen molar-refractivity contribution >= 4 is 17.2 Å². The van der Waals surface area contributed by atoms with Crippen molar-refractivity contribution in [3.63, 3.8) is 0 Å². The summed E-state index contributed by atoms with van der Waals surface area (Å²) in [6.07, 6.45) is 3.96. The first-order chi connectivity index (χ1) is 14.2. The van der Waals surface area contributed by atoms with Crippen molar-refractivity contribution in [2.45, 2.75) is 13.5 Å². The average Bonchev–Trinajstić information content (AvgIpc) is 3.34. The first kappa shape index (κ1) is 17.6. The predicted octanol–water partition coefficient (Wildman–Crippen LogP) is 5.27. The van der Waals surface area contributed by atoms with E-state index in [1.54, 1.807) is 0 Å². The summed E-state index contributed by atoms with van der Waals surface area (Å²) in [4.78, 5) is 4.83. The summed E-state index contributed by atoms with van der Waals surface area (Å²) < 4.78 is 3.90. The Hall–Kier alpha value is -3.44. The monoisotopic (exact) mass is 399 g/mol. The van der Waals surface area contributed by atoms with Crippen LogP contribution in [0.1, 0.15) is 11.1 Å². The number of aromatic nitrogens is 5. The van der Waals surface area contributed by atoms with Gasteiger partial charge in [0, 0.05) is 16.8 Å². The van der Waals surface area contributed by atoms with Gasteiger partial charge in [0.05, 0.1) is 18.4 Å². The molecule has 0 aliphatic heterocycles. The van der Waals surface area contributed by atoms with Gasteiger partial charge in [0.2, 0.25) is 0 Å². The van der Waals surface area contributed by atoms with Gasteiger partial charge in [-0.2, -0.15) is 0 Å². The normalized spacial score (nSPS) is 11.2. The van der Waals surface area contributed by atoms with E-state index in [0.29, 0.717) is 11.6 Å². The van der Waals surface area contributed by atoms with Crippen LogP contribution in [0.4, 0.5) is 0 Å². The third-order valence-corrected chi connectivity index (χ3v) is 5.15. The molecule has 6 heteroatoms. The van der Waals surface area contributed by atoms with E-state index in [1.165, 1.54) is 11.1 Å². The molecule has 5 aromatic rings. The minimum atomic E-state index is 0.667. The number of halogens is 1. The number of hydrogen-bond acceptors (Lipinski definition) is 3. The van der Waals surface area contributed by atoms with Crippen LogP contribution in [0, 0.1) is 6.92 Å². The topological polar surface area (TPSA) is 48.0 Å². The molecule has 5 rings (SSSR count). The van der Waals surface area contributed by atoms with Crippen LogP contribution in [-0.2, 0) is 6.54 Å². The fraction of sp³-hybridized carbons (Fsp3) is 0.0870. The van der Waals surface area contributed by atoms with Crippen LogP contribution in [0.3, 0.4) is 0 Å². The Bertz CT molecular complexity index is 1280. The second kappa shape index (κ2) is 7.18. The second-order valence-corrected chi connectivity index (χ2v) is 7.47. The molecule has 0 aliphatic rings. The highest BCUT2D eigenvalue weighted by Crippen LogP contribution is 2.32. The van der Waals surface area contributed by atoms with Crippen molar-refractivity contribution in [1.82, 2.24) is 24.4 Å². The van der Waals surface area contributed by atoms with Crippen LogP contribution >= 0.6 is 11.6 Å². The standard InChI is InChI=1S/C23H18ClN5/c1-16-5-7-17(8-6-16)14-28-15-20(26-27-28)23-22(18-9-11-19(24)12-10-18)25-21-4-2-3-13-29(21)23/h2-13,15H,14H2,1H3. The molecule has 5 nitrogen and oxygen atoms in total. The Labute approximate surface area is 173 Å². The number of pyridine rings is 1. The third kappa shape index (κ3) is 3.41. The maximum absolute atomic E-state index is 6.07. The van der Waals surface area contributed by atoms with Crippen LogP contribution in [0.15, 0.2) is 79.1 Å². The highest BCUT2D eigenvalue weighted by atomic mass is 35.5. The third-order valence-electron chi connectivity index (χ3n) is 4.89. The average molecular weight is 400 g/mol. The van der Waals surface area contributed by atoms with Gasteiger partial charge in [-0.1, -0.05) is 64.8 Å². The Morgan fingerprint density at radius 2 is 1.72 bits per heavy atom. The molecule has 3 aromatic heterocycles. The first-order valence-corrected chi connectivity index (χ1v) is 9.74. The lowest BCUT2D eigenvalue weighted by atomic mass is 10.1. The highest BCUT2D eigenvalue weighted by Gasteiger charge is 2.18. The molecule has 0 atom stereocenters. The number of nitrogens with zero attached hydrogens (tertiary/aromatic N) is 5. The summed E-state index contributed by atoms with van der Waals surface area (Å²) in [6.45, 7) is 2.75. The summed E-state index contributed by atoms with van der Waals surface area (Å²) in [7, 11) is 0. The summed E-state index contributed by atoms with van der Waals surface area (Å²) in [5.41, 5.74) is 6.82. The lowest BCUT2D eigenvalue weighted by Gasteiger charge is -2.03. The van der Waals surface area contributed by atoms with Crippen LogP contribution in [0.5, 0.6) is 0 Å². The Morgan fingerprint density at radius 3 is 2.52 bits per heavy atom. The number of aryl methyl sites for hydroxylation is 1. The number of fused-ring (bicyclic) bond motifs is 1. The van der Waals surface area contributed by atoms with E-state index in [9.17, 15) is 0 Å². The van der Waals surface area contributed by atoms with E-state index in [1.807, 2.05) is 63.9 Å². The fourth-order valence-electron chi connectivity index (χ4n) is 3.41. The molecule has 3 heterocycles. The molecule has 29 heavy (non-hydrogen) atoms. The smallest absolute Gasteiger partial charge is 0.137 e. The minimum absolute atomic E-state index is 0.667. The molecule has 0 radical (unpaired) electrons. The van der Waals surface area contributed by atoms with E-state index in [4.69, 9.17) is 16.6 Å². The van der Waals surface area contributed by atoms with E-state index < -0.39 is 0 Å². The van der Waals surface area contributed by atoms with Crippen molar-refractivity contribution in [3.8, 4) is 22.6 Å². The van der Waals surface area contributed by atoms with Gasteiger partial charge in [-0.3, -0.25) is 4.40 Å². The van der Waals surface area contributed by atoms with E-state index >= 15 is 0 Å². The molecule has 0 amide bonds. The quantitative estimate of drug-likeness (QED) is 0.413. The molecule has 0 unspecified atom stereocenters. The molecule has 0 aliphatic carbocycles. The van der Waals surface area contributed by atoms with Crippen LogP contribution in [0.25, 0.3) is 28.3 Å². The molecule has 0 fully saturated rings. The lowest BCUT2D eigenvalue weighted by molar-refractivity contribution is 0.649. The second-order valence-electron chi connectivity index (χ2n) is 7.03. The molecule has 0 N–H and O–H groups in total. The number of hydrogen-bond donors (Lipinski definition) is 0. The number of benzene rings is 2. The largest absolute Gasteiger partial charge is 0.298 e. The summed E-state index contributed by atoms with van der Waals surface area (Å²) in [6, 6.07) is 22.1. The molecule has 0 saturated heterocycles. The molecule has 142 valence electrons. The molecular formula is C23H18ClN5. The van der Waals surface area contributed by atoms with Crippen LogP contribution < -0.4 is 0 Å². The van der Waals surface area contributed by atoms with Crippen LogP contribution in [-0.4, -0.2) is 24.4 Å². The maximum atomic E-state index is 6.07. The van der Waals surface area contributed by atoms with Crippen molar-refractivity contribution in [2.75, 3.05) is 0 Å². The van der Waals surface area contributed by atoms with Gasteiger partial charge in [-0.25, -0.2) is 9.67 Å². The summed E-state index contributed by atoms with van der Waals surface area (Å²) in [5, 5.41) is 9.50. The zero-order valence-electron chi connectivity index (χ0n) is 15.8. The van der Waals surface area contributed by atoms with E-state index in [2.05, 4.69) is 41.5 Å². The van der Waals surface area contributed by atoms with Gasteiger partial charge in [0.25, 0.3) is 0 Å². The molecule has 2 aromatic carbocycles. The maximum Gasteiger partial charge on any atom is 0.137 e. The molecule has 0 spiro atoms. The zero-order chi connectivity index (χ0) is 19.8. The van der Waals surface area contributed by atoms with Gasteiger partial charge in [-0.15, -0.1) is 5.10 Å². The Kier molecular flexibility index (Phi) is 4.37. The minimum Gasteiger partial charge on any atom is -0.298 e. The number of rotatable bonds is 4. The SMILES string of the molecule is Cc1ccc(Cn2cc(-c3c(-c4ccc(Cl)cc4)nc4ccccn34)nn2)cc1. The van der Waals surface area contributed by atoms with Crippen molar-refractivity contribution in [3.05, 3.63) is 95.3 Å². The van der Waals surface area contributed by atoms with Gasteiger partial charge < -0.3 is 0 Å². The molecule has 0 bridgehead atoms. The lowest BCUT2D eigenvalue weighted by Crippen LogP contribution is -2.00. The van der Waals surface area contributed by atoms with E-state index in [0.717, 1.165) is 28.3 Å². The Balaban J connectivity index is 1.59. The van der Waals surface area contributed by atoms with Gasteiger partial charge in [0.1, 0.15) is 17.0 Å². The first-order valence-electron chi connectivity index (χ1n) is 9.36. The van der Waals surface area contributed by atoms with Gasteiger partial charge in [-0.05, 0) is 36.8 Å². The van der Waals surface area contributed by atoms with Crippen LogP contribution in [0.2, 0.25) is 5.02 Å². The van der Waals surface area contributed by atoms with Crippen molar-refractivity contribution in [2.24, 2.45) is 0 Å². The highest BCUT2D eigenvalue weighted by molar-refractivity contribution is 6.30. The van der Waals surface area contributed by atoms with E-state index in [-0.39, 0.29) is 0 Å². The molecular weight excluding hydrogens is 382 g/mol. The Morgan fingerprint density at radius 1 is 0.931 bits per heavy atom. The van der Waals surface area contributed by atoms with Gasteiger partial charge >= 0.3 is 0 Å². The zero-order valence-corrected chi connectivity index (χ0v) is 16.6. The number of imidazole rings is 1. The van der Waals surface area contributed by atoms with Crippen molar-refractivity contribution < 1.29 is 0 Å². The summed E-state index contributed by atoms with van der Waals surface area (Å²) in [5.74, 6) is 0.